The van der Waals surface area contributed by atoms with Gasteiger partial charge in [0.15, 0.2) is 16.6 Å². The van der Waals surface area contributed by atoms with Crippen molar-refractivity contribution in [2.24, 2.45) is 28.6 Å². The van der Waals surface area contributed by atoms with Crippen molar-refractivity contribution < 1.29 is 8.85 Å². The van der Waals surface area contributed by atoms with Gasteiger partial charge in [0, 0.05) is 5.41 Å². The van der Waals surface area contributed by atoms with Crippen molar-refractivity contribution >= 4 is 16.6 Å². The summed E-state index contributed by atoms with van der Waals surface area (Å²) >= 11 is 0. The summed E-state index contributed by atoms with van der Waals surface area (Å²) < 4.78 is 14.6. The molecule has 0 amide bonds. The van der Waals surface area contributed by atoms with Gasteiger partial charge >= 0.3 is 0 Å². The van der Waals surface area contributed by atoms with Crippen molar-refractivity contribution in [2.75, 3.05) is 0 Å². The molecule has 0 aliphatic heterocycles. The van der Waals surface area contributed by atoms with E-state index in [0.29, 0.717) is 11.5 Å². The van der Waals surface area contributed by atoms with Crippen LogP contribution in [0.4, 0.5) is 0 Å². The Morgan fingerprint density at radius 2 is 1.49 bits per heavy atom. The second-order valence-electron chi connectivity index (χ2n) is 16.7. The first-order valence-corrected chi connectivity index (χ1v) is 21.3. The number of rotatable bonds is 4. The van der Waals surface area contributed by atoms with Crippen molar-refractivity contribution in [1.29, 1.82) is 0 Å². The maximum Gasteiger partial charge on any atom is 0.192 e. The van der Waals surface area contributed by atoms with E-state index in [0.717, 1.165) is 30.6 Å². The van der Waals surface area contributed by atoms with Crippen LogP contribution in [0.1, 0.15) is 107 Å². The van der Waals surface area contributed by atoms with E-state index in [1.807, 2.05) is 0 Å². The third-order valence-corrected chi connectivity index (χ3v) is 21.9. The lowest BCUT2D eigenvalue weighted by molar-refractivity contribution is -0.0882. The summed E-state index contributed by atoms with van der Waals surface area (Å²) in [6, 6.07) is 0. The molecule has 37 heavy (non-hydrogen) atoms. The molecule has 4 heteroatoms. The lowest BCUT2D eigenvalue weighted by Gasteiger charge is -2.61. The molecule has 0 bridgehead atoms. The molecule has 3 unspecified atom stereocenters. The zero-order valence-corrected chi connectivity index (χ0v) is 28.8. The molecule has 4 aliphatic rings. The van der Waals surface area contributed by atoms with Crippen LogP contribution in [-0.2, 0) is 8.85 Å². The van der Waals surface area contributed by atoms with Crippen molar-refractivity contribution in [1.82, 2.24) is 0 Å². The minimum atomic E-state index is -1.94. The Morgan fingerprint density at radius 1 is 0.892 bits per heavy atom. The molecule has 0 aromatic rings. The summed E-state index contributed by atoms with van der Waals surface area (Å²) in [5.74, 6) is 2.38. The summed E-state index contributed by atoms with van der Waals surface area (Å²) in [4.78, 5) is 0. The Morgan fingerprint density at radius 3 is 2.05 bits per heavy atom. The summed E-state index contributed by atoms with van der Waals surface area (Å²) in [7, 11) is -3.79. The van der Waals surface area contributed by atoms with Gasteiger partial charge in [0.05, 0.1) is 12.2 Å². The lowest BCUT2D eigenvalue weighted by Crippen LogP contribution is -2.59. The molecule has 2 nitrogen and oxygen atoms in total. The van der Waals surface area contributed by atoms with Gasteiger partial charge in [-0.15, -0.1) is 0 Å². The third-order valence-electron chi connectivity index (χ3n) is 12.8. The summed E-state index contributed by atoms with van der Waals surface area (Å²) in [5, 5.41) is 0.447. The predicted molar refractivity (Wildman–Crippen MR) is 165 cm³/mol. The highest BCUT2D eigenvalue weighted by Gasteiger charge is 2.61. The number of fused-ring (bicyclic) bond motifs is 5. The van der Waals surface area contributed by atoms with Crippen LogP contribution in [0, 0.1) is 28.6 Å². The normalized spacial score (nSPS) is 40.2. The number of hydrogen-bond donors (Lipinski definition) is 0. The maximum atomic E-state index is 7.50. The van der Waals surface area contributed by atoms with Gasteiger partial charge in [0.25, 0.3) is 0 Å². The molecular weight excluding hydrogens is 485 g/mol. The largest absolute Gasteiger partial charge is 0.414 e. The van der Waals surface area contributed by atoms with Gasteiger partial charge in [0.2, 0.25) is 0 Å². The Balaban J connectivity index is 1.72. The number of hydrogen-bond acceptors (Lipinski definition) is 2. The highest BCUT2D eigenvalue weighted by Crippen LogP contribution is 2.67. The molecule has 0 aromatic carbocycles. The van der Waals surface area contributed by atoms with Crippen molar-refractivity contribution in [2.45, 2.75) is 156 Å². The molecule has 0 saturated heterocycles. The van der Waals surface area contributed by atoms with Crippen molar-refractivity contribution in [3.8, 4) is 0 Å². The monoisotopic (exact) mass is 544 g/mol. The van der Waals surface area contributed by atoms with Crippen LogP contribution in [0.25, 0.3) is 0 Å². The van der Waals surface area contributed by atoms with Gasteiger partial charge in [-0.1, -0.05) is 78.7 Å². The first-order valence-electron chi connectivity index (χ1n) is 15.5. The van der Waals surface area contributed by atoms with E-state index in [1.165, 1.54) is 32.1 Å². The minimum absolute atomic E-state index is 0.145. The smallest absolute Gasteiger partial charge is 0.192 e. The van der Waals surface area contributed by atoms with Gasteiger partial charge in [-0.2, -0.15) is 0 Å². The maximum absolute atomic E-state index is 7.50. The SMILES string of the molecule is CC=C1CCC2C3CC=C4C[C@@H](O[Si](C)(C)C(C)(C)C)C[C@H](O[Si](C)(C)C(C)(C)C)[C@]4(C)C3CC[C@]12C. The zero-order valence-electron chi connectivity index (χ0n) is 26.8. The molecule has 0 aromatic heterocycles. The average Bonchev–Trinajstić information content (AvgIpc) is 3.09. The Bertz CT molecular complexity index is 933. The standard InChI is InChI=1S/C33H60O2Si2/c1-14-23-16-18-27-26-17-15-24-21-25(34-36(10,11)30(2,3)4)22-29(35-37(12,13)31(5,6)7)33(24,9)28(26)19-20-32(23,27)8/h14-15,25-29H,16-22H2,1-13H3/t25-,26?,27?,28?,29+,32-,33+/m1/s1. The Hall–Kier alpha value is -0.166. The van der Waals surface area contributed by atoms with Crippen molar-refractivity contribution in [3.63, 3.8) is 0 Å². The van der Waals surface area contributed by atoms with E-state index < -0.39 is 16.6 Å². The minimum Gasteiger partial charge on any atom is -0.414 e. The summed E-state index contributed by atoms with van der Waals surface area (Å²) in [5.41, 5.74) is 4.00. The van der Waals surface area contributed by atoms with E-state index in [2.05, 4.69) is 101 Å². The van der Waals surface area contributed by atoms with Crippen LogP contribution in [0.2, 0.25) is 36.3 Å². The molecule has 4 rings (SSSR count). The van der Waals surface area contributed by atoms with Gasteiger partial charge < -0.3 is 8.85 Å². The van der Waals surface area contributed by atoms with E-state index in [1.54, 1.807) is 11.1 Å². The highest BCUT2D eigenvalue weighted by molar-refractivity contribution is 6.74. The van der Waals surface area contributed by atoms with Crippen LogP contribution >= 0.6 is 0 Å². The van der Waals surface area contributed by atoms with Crippen molar-refractivity contribution in [3.05, 3.63) is 23.3 Å². The van der Waals surface area contributed by atoms with E-state index in [9.17, 15) is 0 Å². The first-order chi connectivity index (χ1) is 16.8. The quantitative estimate of drug-likeness (QED) is 0.259. The molecule has 0 radical (unpaired) electrons. The summed E-state index contributed by atoms with van der Waals surface area (Å²) in [6.07, 6.45) is 14.6. The van der Waals surface area contributed by atoms with Crippen LogP contribution in [0.5, 0.6) is 0 Å². The molecule has 3 fully saturated rings. The fraction of sp³-hybridized carbons (Fsp3) is 0.879. The zero-order chi connectivity index (χ0) is 27.8. The molecule has 212 valence electrons. The second-order valence-corrected chi connectivity index (χ2v) is 26.3. The van der Waals surface area contributed by atoms with Crippen LogP contribution < -0.4 is 0 Å². The van der Waals surface area contributed by atoms with Gasteiger partial charge in [0.1, 0.15) is 0 Å². The van der Waals surface area contributed by atoms with E-state index >= 15 is 0 Å². The molecule has 0 heterocycles. The fourth-order valence-electron chi connectivity index (χ4n) is 8.37. The summed E-state index contributed by atoms with van der Waals surface area (Å²) in [6.45, 7) is 31.6. The average molecular weight is 545 g/mol. The molecule has 0 N–H and O–H groups in total. The van der Waals surface area contributed by atoms with Gasteiger partial charge in [-0.3, -0.25) is 0 Å². The predicted octanol–water partition coefficient (Wildman–Crippen LogP) is 10.3. The topological polar surface area (TPSA) is 18.5 Å². The number of allylic oxidation sites excluding steroid dienone is 3. The van der Waals surface area contributed by atoms with Crippen LogP contribution in [0.3, 0.4) is 0 Å². The van der Waals surface area contributed by atoms with E-state index in [-0.39, 0.29) is 21.6 Å². The van der Waals surface area contributed by atoms with Gasteiger partial charge in [-0.25, -0.2) is 0 Å². The highest BCUT2D eigenvalue weighted by atomic mass is 28.4. The van der Waals surface area contributed by atoms with E-state index in [4.69, 9.17) is 8.85 Å². The van der Waals surface area contributed by atoms with Gasteiger partial charge in [-0.05, 0) is 111 Å². The third kappa shape index (κ3) is 4.86. The Labute approximate surface area is 232 Å². The first kappa shape index (κ1) is 29.8. The second kappa shape index (κ2) is 9.45. The van der Waals surface area contributed by atoms with Crippen LogP contribution in [0.15, 0.2) is 23.3 Å². The Kier molecular flexibility index (Phi) is 7.61. The lowest BCUT2D eigenvalue weighted by atomic mass is 9.47. The molecule has 0 spiro atoms. The molecular formula is C33H60O2Si2. The fourth-order valence-corrected chi connectivity index (χ4v) is 11.1. The molecule has 7 atom stereocenters. The molecule has 3 saturated carbocycles. The van der Waals surface area contributed by atoms with Crippen LogP contribution in [-0.4, -0.2) is 28.8 Å². The molecule has 4 aliphatic carbocycles.